The molecule has 0 saturated carbocycles. The number of aryl methyl sites for hydroxylation is 1. The molecule has 1 nitrogen and oxygen atoms in total. The molecule has 0 aliphatic rings. The zero-order valence-corrected chi connectivity index (χ0v) is 14.0. The fraction of sp³-hybridized carbons (Fsp3) is 0.500. The van der Waals surface area contributed by atoms with Gasteiger partial charge >= 0.3 is 0 Å². The van der Waals surface area contributed by atoms with Crippen LogP contribution in [0.2, 0.25) is 0 Å². The van der Waals surface area contributed by atoms with Gasteiger partial charge in [-0.2, -0.15) is 0 Å². The lowest BCUT2D eigenvalue weighted by Gasteiger charge is -2.41. The van der Waals surface area contributed by atoms with Gasteiger partial charge in [0.2, 0.25) is 0 Å². The normalized spacial score (nSPS) is 16.6. The summed E-state index contributed by atoms with van der Waals surface area (Å²) in [6.07, 6.45) is 7.69. The van der Waals surface area contributed by atoms with Crippen LogP contribution >= 0.6 is 0 Å². The molecule has 0 spiro atoms. The van der Waals surface area contributed by atoms with Crippen molar-refractivity contribution in [3.63, 3.8) is 0 Å². The smallest absolute Gasteiger partial charge is 0.0710 e. The summed E-state index contributed by atoms with van der Waals surface area (Å²) >= 11 is 0. The average molecular weight is 286 g/mol. The van der Waals surface area contributed by atoms with Crippen LogP contribution in [0.25, 0.3) is 0 Å². The molecule has 1 N–H and O–H groups in total. The second kappa shape index (κ2) is 7.61. The number of benzene rings is 1. The molecule has 0 saturated heterocycles. The Morgan fingerprint density at radius 2 is 1.76 bits per heavy atom. The van der Waals surface area contributed by atoms with Gasteiger partial charge in [-0.25, -0.2) is 0 Å². The maximum Gasteiger partial charge on any atom is 0.0710 e. The van der Waals surface area contributed by atoms with Gasteiger partial charge in [-0.15, -0.1) is 6.58 Å². The predicted molar refractivity (Wildman–Crippen MR) is 92.4 cm³/mol. The Balaban J connectivity index is 2.71. The lowest BCUT2D eigenvalue weighted by atomic mass is 9.69. The second-order valence-corrected chi connectivity index (χ2v) is 6.70. The number of hydrogen-bond donors (Lipinski definition) is 1. The molecule has 0 aliphatic carbocycles. The van der Waals surface area contributed by atoms with Gasteiger partial charge in [-0.1, -0.05) is 55.0 Å². The first-order valence-electron chi connectivity index (χ1n) is 7.84. The minimum atomic E-state index is -0.750. The van der Waals surface area contributed by atoms with E-state index in [1.165, 1.54) is 11.1 Å². The van der Waals surface area contributed by atoms with E-state index in [1.807, 2.05) is 31.2 Å². The zero-order valence-electron chi connectivity index (χ0n) is 14.0. The van der Waals surface area contributed by atoms with Gasteiger partial charge in [-0.05, 0) is 52.0 Å². The highest BCUT2D eigenvalue weighted by atomic mass is 16.3. The largest absolute Gasteiger partial charge is 0.389 e. The summed E-state index contributed by atoms with van der Waals surface area (Å²) in [5.41, 5.74) is 1.58. The van der Waals surface area contributed by atoms with Crippen molar-refractivity contribution in [1.82, 2.24) is 0 Å². The van der Waals surface area contributed by atoms with Gasteiger partial charge < -0.3 is 5.11 Å². The van der Waals surface area contributed by atoms with Gasteiger partial charge in [0.15, 0.2) is 0 Å². The first-order valence-corrected chi connectivity index (χ1v) is 7.84. The van der Waals surface area contributed by atoms with Crippen LogP contribution in [0.3, 0.4) is 0 Å². The molecular weight excluding hydrogens is 256 g/mol. The molecule has 116 valence electrons. The summed E-state index contributed by atoms with van der Waals surface area (Å²) in [6.45, 7) is 12.3. The third-order valence-electron chi connectivity index (χ3n) is 4.64. The van der Waals surface area contributed by atoms with Crippen LogP contribution in [0, 0.1) is 5.41 Å². The highest BCUT2D eigenvalue weighted by Crippen LogP contribution is 2.40. The van der Waals surface area contributed by atoms with E-state index in [1.54, 1.807) is 0 Å². The Labute approximate surface area is 130 Å². The van der Waals surface area contributed by atoms with Gasteiger partial charge in [0.1, 0.15) is 0 Å². The summed E-state index contributed by atoms with van der Waals surface area (Å²) in [4.78, 5) is 0. The molecule has 2 atom stereocenters. The topological polar surface area (TPSA) is 20.2 Å². The average Bonchev–Trinajstić information content (AvgIpc) is 2.45. The Morgan fingerprint density at radius 1 is 1.14 bits per heavy atom. The van der Waals surface area contributed by atoms with Gasteiger partial charge in [-0.3, -0.25) is 0 Å². The van der Waals surface area contributed by atoms with Crippen molar-refractivity contribution in [3.8, 4) is 0 Å². The fourth-order valence-electron chi connectivity index (χ4n) is 2.57. The van der Waals surface area contributed by atoms with Crippen LogP contribution in [-0.4, -0.2) is 10.7 Å². The molecule has 1 aromatic carbocycles. The summed E-state index contributed by atoms with van der Waals surface area (Å²) in [7, 11) is 0. The predicted octanol–water partition coefficient (Wildman–Crippen LogP) is 5.31. The van der Waals surface area contributed by atoms with Gasteiger partial charge in [0.05, 0.1) is 5.60 Å². The highest BCUT2D eigenvalue weighted by molar-refractivity contribution is 5.16. The molecule has 0 aromatic heterocycles. The van der Waals surface area contributed by atoms with Crippen LogP contribution in [0.1, 0.15) is 52.5 Å². The summed E-state index contributed by atoms with van der Waals surface area (Å²) in [5, 5.41) is 11.0. The fourth-order valence-corrected chi connectivity index (χ4v) is 2.57. The van der Waals surface area contributed by atoms with Crippen LogP contribution < -0.4 is 0 Å². The molecule has 0 aliphatic heterocycles. The highest BCUT2D eigenvalue weighted by Gasteiger charge is 2.39. The van der Waals surface area contributed by atoms with Gasteiger partial charge in [0, 0.05) is 5.41 Å². The van der Waals surface area contributed by atoms with Crippen molar-refractivity contribution in [1.29, 1.82) is 0 Å². The van der Waals surface area contributed by atoms with E-state index < -0.39 is 5.60 Å². The second-order valence-electron chi connectivity index (χ2n) is 6.70. The molecule has 0 radical (unpaired) electrons. The maximum absolute atomic E-state index is 11.0. The molecule has 0 amide bonds. The molecular formula is C20H30O. The SMILES string of the molecule is C=C[C@](C)(CCC=C(C)C)[C@](C)(O)CCc1ccccc1. The Kier molecular flexibility index (Phi) is 6.42. The number of hydrogen-bond acceptors (Lipinski definition) is 1. The van der Waals surface area contributed by atoms with E-state index in [9.17, 15) is 5.11 Å². The number of rotatable bonds is 8. The molecule has 0 heterocycles. The molecule has 1 heteroatoms. The molecule has 0 unspecified atom stereocenters. The molecule has 21 heavy (non-hydrogen) atoms. The minimum absolute atomic E-state index is 0.270. The van der Waals surface area contributed by atoms with E-state index in [-0.39, 0.29) is 5.41 Å². The first kappa shape index (κ1) is 17.7. The molecule has 0 fully saturated rings. The van der Waals surface area contributed by atoms with Crippen molar-refractivity contribution in [2.45, 2.75) is 59.0 Å². The maximum atomic E-state index is 11.0. The van der Waals surface area contributed by atoms with Crippen molar-refractivity contribution < 1.29 is 5.11 Å². The van der Waals surface area contributed by atoms with Crippen LogP contribution in [0.15, 0.2) is 54.6 Å². The lowest BCUT2D eigenvalue weighted by molar-refractivity contribution is -0.0447. The Bertz CT molecular complexity index is 466. The molecule has 1 aromatic rings. The number of allylic oxidation sites excluding steroid dienone is 2. The van der Waals surface area contributed by atoms with Crippen LogP contribution in [0.5, 0.6) is 0 Å². The lowest BCUT2D eigenvalue weighted by Crippen LogP contribution is -2.43. The quantitative estimate of drug-likeness (QED) is 0.642. The molecule has 0 bridgehead atoms. The van der Waals surface area contributed by atoms with Crippen LogP contribution in [-0.2, 0) is 6.42 Å². The number of aliphatic hydroxyl groups is 1. The van der Waals surface area contributed by atoms with Crippen molar-refractivity contribution in [2.75, 3.05) is 0 Å². The van der Waals surface area contributed by atoms with E-state index in [0.29, 0.717) is 0 Å². The van der Waals surface area contributed by atoms with E-state index in [4.69, 9.17) is 0 Å². The molecule has 1 rings (SSSR count). The van der Waals surface area contributed by atoms with E-state index in [2.05, 4.69) is 45.6 Å². The zero-order chi connectivity index (χ0) is 15.9. The third-order valence-corrected chi connectivity index (χ3v) is 4.64. The summed E-state index contributed by atoms with van der Waals surface area (Å²) in [6, 6.07) is 10.3. The monoisotopic (exact) mass is 286 g/mol. The minimum Gasteiger partial charge on any atom is -0.389 e. The van der Waals surface area contributed by atoms with Crippen molar-refractivity contribution in [2.24, 2.45) is 5.41 Å². The van der Waals surface area contributed by atoms with Crippen LogP contribution in [0.4, 0.5) is 0 Å². The van der Waals surface area contributed by atoms with Gasteiger partial charge in [0.25, 0.3) is 0 Å². The van der Waals surface area contributed by atoms with E-state index in [0.717, 1.165) is 25.7 Å². The summed E-state index contributed by atoms with van der Waals surface area (Å²) in [5.74, 6) is 0. The van der Waals surface area contributed by atoms with Crippen molar-refractivity contribution >= 4 is 0 Å². The van der Waals surface area contributed by atoms with Crippen molar-refractivity contribution in [3.05, 3.63) is 60.2 Å². The Morgan fingerprint density at radius 3 is 2.29 bits per heavy atom. The first-order chi connectivity index (χ1) is 9.81. The van der Waals surface area contributed by atoms with E-state index >= 15 is 0 Å². The summed E-state index contributed by atoms with van der Waals surface area (Å²) < 4.78 is 0. The standard InChI is InChI=1S/C20H30O/c1-6-19(4,15-10-11-17(2)3)20(5,21)16-14-18-12-8-7-9-13-18/h6-9,11-13,21H,1,10,14-16H2,2-5H3/t19-,20-/m1/s1. The Hall–Kier alpha value is -1.34. The third kappa shape index (κ3) is 5.17.